The van der Waals surface area contributed by atoms with E-state index < -0.39 is 35.4 Å². The fourth-order valence-electron chi connectivity index (χ4n) is 2.84. The van der Waals surface area contributed by atoms with E-state index in [1.54, 1.807) is 13.1 Å². The van der Waals surface area contributed by atoms with Crippen LogP contribution in [0.4, 0.5) is 0 Å². The van der Waals surface area contributed by atoms with Gasteiger partial charge < -0.3 is 18.8 Å². The number of carbonyl (C=O) groups is 2. The highest BCUT2D eigenvalue weighted by atomic mass is 32.2. The molecule has 2 rings (SSSR count). The zero-order valence-electron chi connectivity index (χ0n) is 17.4. The van der Waals surface area contributed by atoms with Crippen LogP contribution in [0.25, 0.3) is 0 Å². The fraction of sp³-hybridized carbons (Fsp3) is 0.765. The van der Waals surface area contributed by atoms with E-state index in [1.807, 2.05) is 0 Å². The maximum Gasteiger partial charge on any atom is 0.635 e. The van der Waals surface area contributed by atoms with Crippen LogP contribution < -0.4 is 5.14 Å². The van der Waals surface area contributed by atoms with Crippen molar-refractivity contribution in [2.24, 2.45) is 10.6 Å². The lowest BCUT2D eigenvalue weighted by Gasteiger charge is -2.34. The summed E-state index contributed by atoms with van der Waals surface area (Å²) in [5, 5.41) is 4.95. The summed E-state index contributed by atoms with van der Waals surface area (Å²) in [5.41, 5.74) is -0.00402. The second-order valence-corrected chi connectivity index (χ2v) is 9.33. The third-order valence-corrected chi connectivity index (χ3v) is 4.75. The third kappa shape index (κ3) is 9.10. The maximum absolute atomic E-state index is 11.9. The van der Waals surface area contributed by atoms with E-state index in [0.29, 0.717) is 32.5 Å². The van der Waals surface area contributed by atoms with E-state index in [-0.39, 0.29) is 24.8 Å². The van der Waals surface area contributed by atoms with Crippen molar-refractivity contribution < 1.29 is 41.0 Å². The minimum atomic E-state index is -4.39. The molecule has 1 unspecified atom stereocenters. The van der Waals surface area contributed by atoms with Gasteiger partial charge in [0, 0.05) is 5.41 Å². The molecule has 2 aliphatic heterocycles. The summed E-state index contributed by atoms with van der Waals surface area (Å²) in [6.45, 7) is 5.04. The number of hydrogen-bond acceptors (Lipinski definition) is 10. The van der Waals surface area contributed by atoms with E-state index >= 15 is 0 Å². The number of ether oxygens (including phenoxy) is 2. The van der Waals surface area contributed by atoms with Crippen LogP contribution in [0.1, 0.15) is 33.1 Å². The Labute approximate surface area is 177 Å². The molecule has 2 fully saturated rings. The van der Waals surface area contributed by atoms with Crippen LogP contribution in [-0.4, -0.2) is 78.0 Å². The molecule has 1 atom stereocenters. The number of nitrogens with two attached hydrogens (primary N) is 1. The topological polar surface area (TPSA) is 144 Å². The normalized spacial score (nSPS) is 23.0. The quantitative estimate of drug-likeness (QED) is 0.300. The SMILES string of the molecule is CN1CC(=O)OB(C(C=CCCCC2OCC(C)(C)CO2)OS(N)(=O)=O)OC(=O)C1. The molecule has 30 heavy (non-hydrogen) atoms. The van der Waals surface area contributed by atoms with Gasteiger partial charge in [0.05, 0.1) is 26.3 Å². The Morgan fingerprint density at radius 3 is 2.33 bits per heavy atom. The van der Waals surface area contributed by atoms with Crippen LogP contribution in [0.15, 0.2) is 12.2 Å². The number of unbranched alkanes of at least 4 members (excludes halogenated alkanes) is 1. The Kier molecular flexibility index (Phi) is 8.82. The van der Waals surface area contributed by atoms with Gasteiger partial charge in [0.25, 0.3) is 0 Å². The first-order chi connectivity index (χ1) is 13.9. The van der Waals surface area contributed by atoms with Crippen LogP contribution in [-0.2, 0) is 42.9 Å². The highest BCUT2D eigenvalue weighted by Crippen LogP contribution is 2.25. The summed E-state index contributed by atoms with van der Waals surface area (Å²) >= 11 is 0. The van der Waals surface area contributed by atoms with E-state index in [9.17, 15) is 18.0 Å². The molecule has 0 aliphatic carbocycles. The predicted molar refractivity (Wildman–Crippen MR) is 106 cm³/mol. The Balaban J connectivity index is 1.92. The first-order valence-electron chi connectivity index (χ1n) is 9.62. The molecule has 0 saturated carbocycles. The number of allylic oxidation sites excluding steroid dienone is 1. The number of nitrogens with zero attached hydrogens (tertiary/aromatic N) is 1. The second-order valence-electron chi connectivity index (χ2n) is 8.15. The molecule has 13 heteroatoms. The van der Waals surface area contributed by atoms with Crippen LogP contribution in [0.5, 0.6) is 0 Å². The minimum absolute atomic E-state index is 0.00402. The van der Waals surface area contributed by atoms with Crippen LogP contribution >= 0.6 is 0 Å². The summed E-state index contributed by atoms with van der Waals surface area (Å²) < 4.78 is 49.0. The van der Waals surface area contributed by atoms with Crippen molar-refractivity contribution in [2.45, 2.75) is 45.4 Å². The highest BCUT2D eigenvalue weighted by molar-refractivity contribution is 7.84. The van der Waals surface area contributed by atoms with Crippen molar-refractivity contribution in [3.05, 3.63) is 12.2 Å². The molecule has 2 aliphatic rings. The Hall–Kier alpha value is -1.51. The van der Waals surface area contributed by atoms with Crippen molar-refractivity contribution in [1.82, 2.24) is 4.90 Å². The third-order valence-electron chi connectivity index (χ3n) is 4.26. The van der Waals surface area contributed by atoms with Gasteiger partial charge in [-0.1, -0.05) is 26.0 Å². The highest BCUT2D eigenvalue weighted by Gasteiger charge is 2.41. The van der Waals surface area contributed by atoms with Gasteiger partial charge >= 0.3 is 29.4 Å². The van der Waals surface area contributed by atoms with Gasteiger partial charge in [-0.2, -0.15) is 8.42 Å². The summed E-state index contributed by atoms with van der Waals surface area (Å²) in [4.78, 5) is 25.2. The van der Waals surface area contributed by atoms with E-state index in [0.717, 1.165) is 0 Å². The summed E-state index contributed by atoms with van der Waals surface area (Å²) in [5.74, 6) is -1.39. The van der Waals surface area contributed by atoms with Gasteiger partial charge in [0.2, 0.25) is 0 Å². The van der Waals surface area contributed by atoms with E-state index in [2.05, 4.69) is 13.8 Å². The molecule has 2 saturated heterocycles. The second kappa shape index (κ2) is 10.7. The van der Waals surface area contributed by atoms with Gasteiger partial charge in [0.1, 0.15) is 0 Å². The zero-order chi connectivity index (χ0) is 22.4. The van der Waals surface area contributed by atoms with E-state index in [4.69, 9.17) is 28.1 Å². The van der Waals surface area contributed by atoms with Crippen LogP contribution in [0.2, 0.25) is 0 Å². The van der Waals surface area contributed by atoms with Crippen LogP contribution in [0, 0.1) is 5.41 Å². The molecule has 2 heterocycles. The first kappa shape index (κ1) is 24.8. The van der Waals surface area contributed by atoms with Gasteiger partial charge in [-0.05, 0) is 26.3 Å². The molecule has 2 N–H and O–H groups in total. The largest absolute Gasteiger partial charge is 0.635 e. The van der Waals surface area contributed by atoms with Crippen molar-refractivity contribution >= 4 is 29.4 Å². The van der Waals surface area contributed by atoms with Crippen molar-refractivity contribution in [1.29, 1.82) is 0 Å². The summed E-state index contributed by atoms with van der Waals surface area (Å²) in [6.07, 6.45) is 4.57. The molecule has 0 bridgehead atoms. The standard InChI is InChI=1S/C17H29BN2O9S/c1-17(2)11-25-16(26-12-17)8-6-4-5-7-13(29-30(19,23)24)18-27-14(21)9-20(3)10-15(22)28-18/h5,7,13,16H,4,6,8-12H2,1-3H3,(H2,19,23,24). The van der Waals surface area contributed by atoms with Gasteiger partial charge in [-0.15, -0.1) is 0 Å². The molecular weight excluding hydrogens is 419 g/mol. The molecule has 0 amide bonds. The predicted octanol–water partition coefficient (Wildman–Crippen LogP) is -0.240. The molecule has 0 aromatic heterocycles. The maximum atomic E-state index is 11.9. The molecule has 11 nitrogen and oxygen atoms in total. The number of hydrogen-bond donors (Lipinski definition) is 1. The molecule has 170 valence electrons. The Bertz CT molecular complexity index is 714. The molecule has 0 spiro atoms. The van der Waals surface area contributed by atoms with Gasteiger partial charge in [0.15, 0.2) is 12.3 Å². The monoisotopic (exact) mass is 448 g/mol. The Morgan fingerprint density at radius 2 is 1.80 bits per heavy atom. The van der Waals surface area contributed by atoms with Crippen molar-refractivity contribution in [3.63, 3.8) is 0 Å². The summed E-state index contributed by atoms with van der Waals surface area (Å²) in [7, 11) is -4.42. The first-order valence-corrected chi connectivity index (χ1v) is 11.1. The lowest BCUT2D eigenvalue weighted by Crippen LogP contribution is -2.49. The van der Waals surface area contributed by atoms with Crippen molar-refractivity contribution in [2.75, 3.05) is 33.4 Å². The van der Waals surface area contributed by atoms with Crippen molar-refractivity contribution in [3.8, 4) is 0 Å². The van der Waals surface area contributed by atoms with Gasteiger partial charge in [-0.25, -0.2) is 5.14 Å². The zero-order valence-corrected chi connectivity index (χ0v) is 18.3. The lowest BCUT2D eigenvalue weighted by molar-refractivity contribution is -0.223. The lowest BCUT2D eigenvalue weighted by atomic mass is 9.80. The van der Waals surface area contributed by atoms with E-state index in [1.165, 1.54) is 11.0 Å². The van der Waals surface area contributed by atoms with Gasteiger partial charge in [-0.3, -0.25) is 18.7 Å². The Morgan fingerprint density at radius 1 is 1.23 bits per heavy atom. The van der Waals surface area contributed by atoms with Crippen LogP contribution in [0.3, 0.4) is 0 Å². The average Bonchev–Trinajstić information content (AvgIpc) is 2.58. The molecule has 0 radical (unpaired) electrons. The smallest absolute Gasteiger partial charge is 0.496 e. The number of carbonyl (C=O) groups excluding carboxylic acids is 2. The molecule has 0 aromatic carbocycles. The summed E-state index contributed by atoms with van der Waals surface area (Å²) in [6, 6.07) is -1.40. The molecule has 0 aromatic rings. The molecular formula is C17H29BN2O9S. The minimum Gasteiger partial charge on any atom is -0.496 e. The fourth-order valence-corrected chi connectivity index (χ4v) is 3.30. The average molecular weight is 448 g/mol. The number of likely N-dealkylation sites (N-methyl/N-ethyl adjacent to an activating group) is 1. The number of rotatable bonds is 8.